The average Bonchev–Trinajstić information content (AvgIpc) is 3.60. The van der Waals surface area contributed by atoms with Gasteiger partial charge in [0.1, 0.15) is 23.2 Å². The van der Waals surface area contributed by atoms with E-state index in [1.165, 1.54) is 0 Å². The number of amides is 2. The molecule has 37 heavy (non-hydrogen) atoms. The molecule has 0 radical (unpaired) electrons. The largest absolute Gasteiger partial charge is 0.465 e. The summed E-state index contributed by atoms with van der Waals surface area (Å²) in [6, 6.07) is 7.80. The maximum Gasteiger partial charge on any atom is 0.404 e. The lowest BCUT2D eigenvalue weighted by molar-refractivity contribution is 0.0995. The standard InChI is InChI=1S/C26H32N8O3/c1-4-21-30-31-24(32(21)5-2)20-9-6-10-22(29-20)34-15-18-17(25(34)35)14-23(33-13-7-8-16(33)3)28-19(18)11-12-27-26(36)37/h6,9-10,14,16,27H,4-5,7-8,11-13,15H2,1-3H3,(H,36,37)/t16-/m1/s1. The summed E-state index contributed by atoms with van der Waals surface area (Å²) in [5, 5.41) is 20.1. The van der Waals surface area contributed by atoms with Gasteiger partial charge in [-0.25, -0.2) is 14.8 Å². The number of pyridine rings is 2. The Balaban J connectivity index is 1.49. The molecule has 1 saturated heterocycles. The van der Waals surface area contributed by atoms with Crippen LogP contribution in [0, 0.1) is 0 Å². The minimum atomic E-state index is -1.08. The van der Waals surface area contributed by atoms with Gasteiger partial charge in [-0.1, -0.05) is 13.0 Å². The van der Waals surface area contributed by atoms with E-state index in [0.29, 0.717) is 41.9 Å². The van der Waals surface area contributed by atoms with Gasteiger partial charge in [0.15, 0.2) is 5.82 Å². The number of carboxylic acid groups (broad SMARTS) is 1. The van der Waals surface area contributed by atoms with Crippen molar-refractivity contribution in [2.45, 2.75) is 65.6 Å². The molecule has 194 valence electrons. The van der Waals surface area contributed by atoms with Gasteiger partial charge in [-0.2, -0.15) is 0 Å². The first kappa shape index (κ1) is 24.7. The first-order chi connectivity index (χ1) is 17.9. The third-order valence-corrected chi connectivity index (χ3v) is 7.17. The topological polar surface area (TPSA) is 129 Å². The van der Waals surface area contributed by atoms with Crippen LogP contribution in [0.3, 0.4) is 0 Å². The minimum absolute atomic E-state index is 0.131. The number of rotatable bonds is 8. The van der Waals surface area contributed by atoms with E-state index in [1.54, 1.807) is 4.90 Å². The quantitative estimate of drug-likeness (QED) is 0.478. The van der Waals surface area contributed by atoms with Gasteiger partial charge in [-0.3, -0.25) is 9.69 Å². The van der Waals surface area contributed by atoms with Crippen molar-refractivity contribution in [1.82, 2.24) is 30.0 Å². The maximum absolute atomic E-state index is 13.7. The van der Waals surface area contributed by atoms with E-state index in [0.717, 1.165) is 55.3 Å². The van der Waals surface area contributed by atoms with E-state index in [2.05, 4.69) is 27.3 Å². The molecule has 2 amide bonds. The summed E-state index contributed by atoms with van der Waals surface area (Å²) in [6.45, 7) is 8.41. The molecule has 5 heterocycles. The molecule has 0 bridgehead atoms. The lowest BCUT2D eigenvalue weighted by atomic mass is 10.1. The average molecular weight is 505 g/mol. The molecular formula is C26H32N8O3. The zero-order valence-electron chi connectivity index (χ0n) is 21.4. The summed E-state index contributed by atoms with van der Waals surface area (Å²) >= 11 is 0. The molecule has 1 atom stereocenters. The minimum Gasteiger partial charge on any atom is -0.465 e. The fourth-order valence-electron chi connectivity index (χ4n) is 5.27. The fourth-order valence-corrected chi connectivity index (χ4v) is 5.27. The molecule has 2 aliphatic rings. The van der Waals surface area contributed by atoms with E-state index in [9.17, 15) is 9.59 Å². The lowest BCUT2D eigenvalue weighted by Crippen LogP contribution is -2.28. The normalized spacial score (nSPS) is 16.9. The third kappa shape index (κ3) is 4.61. The van der Waals surface area contributed by atoms with Crippen LogP contribution in [0.4, 0.5) is 16.4 Å². The number of hydrogen-bond acceptors (Lipinski definition) is 7. The summed E-state index contributed by atoms with van der Waals surface area (Å²) in [5.74, 6) is 2.75. The Morgan fingerprint density at radius 2 is 2.03 bits per heavy atom. The van der Waals surface area contributed by atoms with E-state index in [1.807, 2.05) is 42.7 Å². The van der Waals surface area contributed by atoms with Gasteiger partial charge in [0, 0.05) is 44.1 Å². The number of aromatic nitrogens is 5. The second-order valence-corrected chi connectivity index (χ2v) is 9.43. The molecule has 3 aromatic heterocycles. The van der Waals surface area contributed by atoms with Gasteiger partial charge in [0.25, 0.3) is 5.91 Å². The molecule has 0 spiro atoms. The van der Waals surface area contributed by atoms with Crippen LogP contribution in [0.2, 0.25) is 0 Å². The molecule has 2 aliphatic heterocycles. The highest BCUT2D eigenvalue weighted by Crippen LogP contribution is 2.34. The predicted octanol–water partition coefficient (Wildman–Crippen LogP) is 3.28. The number of aryl methyl sites for hydroxylation is 1. The van der Waals surface area contributed by atoms with Crippen molar-refractivity contribution in [1.29, 1.82) is 0 Å². The van der Waals surface area contributed by atoms with Crippen LogP contribution < -0.4 is 15.1 Å². The van der Waals surface area contributed by atoms with Crippen LogP contribution >= 0.6 is 0 Å². The highest BCUT2D eigenvalue weighted by Gasteiger charge is 2.34. The second kappa shape index (κ2) is 10.2. The van der Waals surface area contributed by atoms with E-state index >= 15 is 0 Å². The van der Waals surface area contributed by atoms with Crippen molar-refractivity contribution in [3.8, 4) is 11.5 Å². The molecule has 0 saturated carbocycles. The Hall–Kier alpha value is -4.02. The summed E-state index contributed by atoms with van der Waals surface area (Å²) in [5.41, 5.74) is 2.83. The second-order valence-electron chi connectivity index (χ2n) is 9.43. The predicted molar refractivity (Wildman–Crippen MR) is 139 cm³/mol. The third-order valence-electron chi connectivity index (χ3n) is 7.17. The van der Waals surface area contributed by atoms with Crippen LogP contribution in [-0.4, -0.2) is 61.0 Å². The summed E-state index contributed by atoms with van der Waals surface area (Å²) in [4.78, 5) is 38.3. The van der Waals surface area contributed by atoms with E-state index in [4.69, 9.17) is 15.1 Å². The van der Waals surface area contributed by atoms with Crippen molar-refractivity contribution in [2.75, 3.05) is 22.9 Å². The van der Waals surface area contributed by atoms with Crippen LogP contribution in [0.1, 0.15) is 61.1 Å². The number of carbonyl (C=O) groups excluding carboxylic acids is 1. The van der Waals surface area contributed by atoms with Gasteiger partial charge in [0.2, 0.25) is 0 Å². The number of carbonyl (C=O) groups is 2. The van der Waals surface area contributed by atoms with Crippen LogP contribution in [0.5, 0.6) is 0 Å². The van der Waals surface area contributed by atoms with Crippen molar-refractivity contribution in [3.63, 3.8) is 0 Å². The summed E-state index contributed by atoms with van der Waals surface area (Å²) in [7, 11) is 0. The number of hydrogen-bond donors (Lipinski definition) is 2. The molecule has 0 aliphatic carbocycles. The van der Waals surface area contributed by atoms with Crippen LogP contribution in [0.25, 0.3) is 11.5 Å². The van der Waals surface area contributed by atoms with Crippen molar-refractivity contribution in [3.05, 3.63) is 46.9 Å². The molecule has 11 nitrogen and oxygen atoms in total. The maximum atomic E-state index is 13.7. The lowest BCUT2D eigenvalue weighted by Gasteiger charge is -2.24. The zero-order valence-corrected chi connectivity index (χ0v) is 21.4. The molecule has 0 aromatic carbocycles. The number of nitrogens with one attached hydrogen (secondary N) is 1. The summed E-state index contributed by atoms with van der Waals surface area (Å²) < 4.78 is 2.04. The van der Waals surface area contributed by atoms with Gasteiger partial charge >= 0.3 is 6.09 Å². The first-order valence-electron chi connectivity index (χ1n) is 12.9. The van der Waals surface area contributed by atoms with Gasteiger partial charge in [-0.05, 0) is 44.9 Å². The molecular weight excluding hydrogens is 472 g/mol. The number of nitrogens with zero attached hydrogens (tertiary/aromatic N) is 7. The molecule has 2 N–H and O–H groups in total. The summed E-state index contributed by atoms with van der Waals surface area (Å²) in [6.07, 6.45) is 2.25. The van der Waals surface area contributed by atoms with E-state index < -0.39 is 6.09 Å². The highest BCUT2D eigenvalue weighted by atomic mass is 16.4. The molecule has 0 unspecified atom stereocenters. The van der Waals surface area contributed by atoms with Gasteiger partial charge < -0.3 is 19.9 Å². The zero-order chi connectivity index (χ0) is 26.1. The van der Waals surface area contributed by atoms with Gasteiger partial charge in [0.05, 0.1) is 17.8 Å². The Labute approximate surface area is 215 Å². The van der Waals surface area contributed by atoms with Gasteiger partial charge in [-0.15, -0.1) is 10.2 Å². The number of anilines is 2. The fraction of sp³-hybridized carbons (Fsp3) is 0.462. The Morgan fingerprint density at radius 3 is 2.73 bits per heavy atom. The SMILES string of the molecule is CCc1nnc(-c2cccc(N3Cc4c(cc(N5CCC[C@H]5C)nc4CCNC(=O)O)C3=O)n2)n1CC. The smallest absolute Gasteiger partial charge is 0.404 e. The Bertz CT molecular complexity index is 1340. The van der Waals surface area contributed by atoms with Crippen molar-refractivity contribution in [2.24, 2.45) is 0 Å². The van der Waals surface area contributed by atoms with Crippen molar-refractivity contribution >= 4 is 23.6 Å². The van der Waals surface area contributed by atoms with Crippen LogP contribution in [0.15, 0.2) is 24.3 Å². The highest BCUT2D eigenvalue weighted by molar-refractivity contribution is 6.10. The number of fused-ring (bicyclic) bond motifs is 1. The molecule has 1 fully saturated rings. The Morgan fingerprint density at radius 1 is 1.19 bits per heavy atom. The Kier molecular flexibility index (Phi) is 6.77. The molecule has 5 rings (SSSR count). The molecule has 11 heteroatoms. The molecule has 3 aromatic rings. The van der Waals surface area contributed by atoms with Crippen molar-refractivity contribution < 1.29 is 14.7 Å². The van der Waals surface area contributed by atoms with E-state index in [-0.39, 0.29) is 12.5 Å². The first-order valence-corrected chi connectivity index (χ1v) is 12.9. The van der Waals surface area contributed by atoms with Crippen LogP contribution in [-0.2, 0) is 25.9 Å². The monoisotopic (exact) mass is 504 g/mol.